The van der Waals surface area contributed by atoms with Gasteiger partial charge in [-0.25, -0.2) is 4.99 Å². The van der Waals surface area contributed by atoms with Gasteiger partial charge in [0, 0.05) is 31.2 Å². The van der Waals surface area contributed by atoms with Gasteiger partial charge in [-0.05, 0) is 31.9 Å². The van der Waals surface area contributed by atoms with Gasteiger partial charge in [-0.3, -0.25) is 4.98 Å². The summed E-state index contributed by atoms with van der Waals surface area (Å²) in [4.78, 5) is 11.3. The molecule has 1 aromatic heterocycles. The molecule has 0 N–H and O–H groups in total. The Morgan fingerprint density at radius 3 is 2.80 bits per heavy atom. The Morgan fingerprint density at radius 1 is 1.44 bits per heavy atom. The number of amidine groups is 1. The Labute approximate surface area is 153 Å². The molecule has 0 aromatic carbocycles. The van der Waals surface area contributed by atoms with Crippen molar-refractivity contribution in [2.45, 2.75) is 26.4 Å². The van der Waals surface area contributed by atoms with E-state index in [0.29, 0.717) is 17.2 Å². The number of nitriles is 1. The van der Waals surface area contributed by atoms with E-state index in [0.717, 1.165) is 34.4 Å². The quantitative estimate of drug-likeness (QED) is 0.827. The molecule has 1 aromatic rings. The number of allylic oxidation sites excluding steroid dienone is 1. The lowest BCUT2D eigenvalue weighted by Crippen LogP contribution is -2.39. The fourth-order valence-corrected chi connectivity index (χ4v) is 3.84. The Morgan fingerprint density at radius 2 is 2.20 bits per heavy atom. The molecule has 0 bridgehead atoms. The van der Waals surface area contributed by atoms with Gasteiger partial charge < -0.3 is 9.64 Å². The normalized spacial score (nSPS) is 20.9. The van der Waals surface area contributed by atoms with E-state index in [-0.39, 0.29) is 0 Å². The molecule has 1 atom stereocenters. The van der Waals surface area contributed by atoms with Crippen molar-refractivity contribution in [1.29, 1.82) is 5.26 Å². The minimum absolute atomic E-state index is 0.459. The molecule has 0 radical (unpaired) electrons. The van der Waals surface area contributed by atoms with E-state index in [9.17, 15) is 5.26 Å². The van der Waals surface area contributed by atoms with E-state index in [4.69, 9.17) is 9.73 Å². The Kier molecular flexibility index (Phi) is 4.72. The number of hydrogen-bond donors (Lipinski definition) is 0. The highest BCUT2D eigenvalue weighted by molar-refractivity contribution is 8.13. The van der Waals surface area contributed by atoms with Crippen LogP contribution >= 0.6 is 11.8 Å². The molecule has 1 unspecified atom stereocenters. The predicted octanol–water partition coefficient (Wildman–Crippen LogP) is 3.77. The fourth-order valence-electron chi connectivity index (χ4n) is 2.80. The Balaban J connectivity index is 2.01. The second-order valence-corrected chi connectivity index (χ2v) is 7.84. The molecule has 5 nitrogen and oxygen atoms in total. The zero-order valence-corrected chi connectivity index (χ0v) is 15.9. The van der Waals surface area contributed by atoms with Crippen LogP contribution in [0.4, 0.5) is 0 Å². The summed E-state index contributed by atoms with van der Waals surface area (Å²) in [7, 11) is 1.67. The van der Waals surface area contributed by atoms with Crippen LogP contribution in [0.25, 0.3) is 5.70 Å². The van der Waals surface area contributed by atoms with Crippen LogP contribution in [0.2, 0.25) is 0 Å². The molecule has 6 heteroatoms. The van der Waals surface area contributed by atoms with E-state index < -0.39 is 5.60 Å². The standard InChI is InChI=1S/C19H22N4OS/c1-12-10-23-13(2)15(8-20)17(22-18(23)25-11-12)14-6-7-16(21-9-14)19(3,4)24-5/h6-7,9,12H,2,10-11H2,1,3-5H3. The van der Waals surface area contributed by atoms with E-state index in [1.54, 1.807) is 25.1 Å². The van der Waals surface area contributed by atoms with Gasteiger partial charge >= 0.3 is 0 Å². The molecular formula is C19H22N4OS. The maximum absolute atomic E-state index is 9.66. The van der Waals surface area contributed by atoms with Crippen LogP contribution in [0.5, 0.6) is 0 Å². The summed E-state index contributed by atoms with van der Waals surface area (Å²) in [5.74, 6) is 1.57. The van der Waals surface area contributed by atoms with Gasteiger partial charge in [-0.2, -0.15) is 5.26 Å². The summed E-state index contributed by atoms with van der Waals surface area (Å²) < 4.78 is 5.47. The average molecular weight is 354 g/mol. The van der Waals surface area contributed by atoms with Crippen LogP contribution < -0.4 is 0 Å². The molecule has 1 saturated heterocycles. The summed E-state index contributed by atoms with van der Waals surface area (Å²) >= 11 is 1.71. The molecule has 0 aliphatic carbocycles. The number of fused-ring (bicyclic) bond motifs is 1. The monoisotopic (exact) mass is 354 g/mol. The number of nitrogens with zero attached hydrogens (tertiary/aromatic N) is 4. The molecule has 0 saturated carbocycles. The highest BCUT2D eigenvalue weighted by atomic mass is 32.2. The van der Waals surface area contributed by atoms with E-state index in [1.165, 1.54) is 0 Å². The van der Waals surface area contributed by atoms with Crippen LogP contribution in [-0.4, -0.2) is 34.5 Å². The average Bonchev–Trinajstić information content (AvgIpc) is 2.62. The third-order valence-electron chi connectivity index (χ3n) is 4.56. The molecule has 3 heterocycles. The summed E-state index contributed by atoms with van der Waals surface area (Å²) in [6.45, 7) is 11.1. The highest BCUT2D eigenvalue weighted by Crippen LogP contribution is 2.37. The first kappa shape index (κ1) is 17.7. The van der Waals surface area contributed by atoms with Gasteiger partial charge in [0.1, 0.15) is 17.2 Å². The Hall–Kier alpha value is -2.10. The molecule has 25 heavy (non-hydrogen) atoms. The molecule has 130 valence electrons. The fraction of sp³-hybridized carbons (Fsp3) is 0.421. The second-order valence-electron chi connectivity index (χ2n) is 6.85. The summed E-state index contributed by atoms with van der Waals surface area (Å²) in [6.07, 6.45) is 1.76. The van der Waals surface area contributed by atoms with Crippen LogP contribution in [0.1, 0.15) is 32.0 Å². The van der Waals surface area contributed by atoms with E-state index in [2.05, 4.69) is 29.5 Å². The number of methoxy groups -OCH3 is 1. The zero-order chi connectivity index (χ0) is 18.2. The van der Waals surface area contributed by atoms with Gasteiger partial charge in [0.15, 0.2) is 5.17 Å². The maximum Gasteiger partial charge on any atom is 0.169 e. The zero-order valence-electron chi connectivity index (χ0n) is 15.0. The van der Waals surface area contributed by atoms with Crippen LogP contribution in [0.15, 0.2) is 41.2 Å². The molecule has 1 fully saturated rings. The number of aromatic nitrogens is 1. The van der Waals surface area contributed by atoms with E-state index >= 15 is 0 Å². The lowest BCUT2D eigenvalue weighted by molar-refractivity contribution is 0.0155. The summed E-state index contributed by atoms with van der Waals surface area (Å²) in [6, 6.07) is 6.14. The number of thioether (sulfide) groups is 1. The number of pyridine rings is 1. The lowest BCUT2D eigenvalue weighted by Gasteiger charge is -2.37. The van der Waals surface area contributed by atoms with Crippen molar-refractivity contribution >= 4 is 22.6 Å². The molecule has 2 aliphatic rings. The number of aliphatic imine (C=N–C) groups is 1. The summed E-state index contributed by atoms with van der Waals surface area (Å²) in [5.41, 5.74) is 3.08. The van der Waals surface area contributed by atoms with Crippen molar-refractivity contribution in [2.75, 3.05) is 19.4 Å². The third-order valence-corrected chi connectivity index (χ3v) is 5.86. The lowest BCUT2D eigenvalue weighted by atomic mass is 10.0. The largest absolute Gasteiger partial charge is 0.373 e. The van der Waals surface area contributed by atoms with Gasteiger partial charge in [0.2, 0.25) is 0 Å². The van der Waals surface area contributed by atoms with Crippen molar-refractivity contribution in [3.05, 3.63) is 47.4 Å². The number of ether oxygens (including phenoxy) is 1. The predicted molar refractivity (Wildman–Crippen MR) is 102 cm³/mol. The van der Waals surface area contributed by atoms with Crippen molar-refractivity contribution in [3.63, 3.8) is 0 Å². The minimum Gasteiger partial charge on any atom is -0.373 e. The number of hydrogen-bond acceptors (Lipinski definition) is 6. The van der Waals surface area contributed by atoms with Gasteiger partial charge in [-0.1, -0.05) is 25.3 Å². The number of rotatable bonds is 3. The molecule has 0 spiro atoms. The first-order chi connectivity index (χ1) is 11.9. The summed E-state index contributed by atoms with van der Waals surface area (Å²) in [5, 5.41) is 10.6. The SMILES string of the molecule is C=C1C(C#N)=C(c2ccc(C(C)(C)OC)nc2)N=C2SCC(C)CN12. The van der Waals surface area contributed by atoms with E-state index in [1.807, 2.05) is 26.0 Å². The molecule has 2 aliphatic heterocycles. The van der Waals surface area contributed by atoms with Crippen LogP contribution in [0, 0.1) is 17.2 Å². The smallest absolute Gasteiger partial charge is 0.169 e. The minimum atomic E-state index is -0.459. The topological polar surface area (TPSA) is 61.5 Å². The van der Waals surface area contributed by atoms with Crippen molar-refractivity contribution < 1.29 is 4.74 Å². The molecular weight excluding hydrogens is 332 g/mol. The van der Waals surface area contributed by atoms with Crippen LogP contribution in [-0.2, 0) is 10.3 Å². The molecule has 3 rings (SSSR count). The first-order valence-corrected chi connectivity index (χ1v) is 9.20. The Bertz CT molecular complexity index is 802. The van der Waals surface area contributed by atoms with Gasteiger partial charge in [0.25, 0.3) is 0 Å². The van der Waals surface area contributed by atoms with Crippen LogP contribution in [0.3, 0.4) is 0 Å². The maximum atomic E-state index is 9.66. The van der Waals surface area contributed by atoms with Crippen molar-refractivity contribution in [2.24, 2.45) is 10.9 Å². The third kappa shape index (κ3) is 3.22. The second kappa shape index (κ2) is 6.66. The highest BCUT2D eigenvalue weighted by Gasteiger charge is 2.31. The first-order valence-electron chi connectivity index (χ1n) is 8.22. The van der Waals surface area contributed by atoms with Crippen molar-refractivity contribution in [1.82, 2.24) is 9.88 Å². The molecule has 0 amide bonds. The van der Waals surface area contributed by atoms with Gasteiger partial charge in [-0.15, -0.1) is 0 Å². The van der Waals surface area contributed by atoms with Crippen molar-refractivity contribution in [3.8, 4) is 6.07 Å². The van der Waals surface area contributed by atoms with Gasteiger partial charge in [0.05, 0.1) is 17.1 Å².